The van der Waals surface area contributed by atoms with E-state index in [2.05, 4.69) is 62.1 Å². The molecule has 4 rings (SSSR count). The zero-order chi connectivity index (χ0) is 27.3. The minimum absolute atomic E-state index is 0.203. The zero-order valence-corrected chi connectivity index (χ0v) is 24.5. The van der Waals surface area contributed by atoms with Gasteiger partial charge in [0.1, 0.15) is 5.82 Å². The van der Waals surface area contributed by atoms with Crippen molar-refractivity contribution in [3.8, 4) is 11.8 Å². The number of fused-ring (bicyclic) bond motifs is 1. The highest BCUT2D eigenvalue weighted by atomic mass is 19.1. The molecule has 0 radical (unpaired) electrons. The van der Waals surface area contributed by atoms with Gasteiger partial charge in [0.25, 0.3) is 0 Å². The average Bonchev–Trinajstić information content (AvgIpc) is 2.97. The highest BCUT2D eigenvalue weighted by Crippen LogP contribution is 2.34. The Morgan fingerprint density at radius 1 is 0.641 bits per heavy atom. The summed E-state index contributed by atoms with van der Waals surface area (Å²) in [5.74, 6) is 7.96. The normalized spacial score (nSPS) is 17.2. The van der Waals surface area contributed by atoms with Crippen LogP contribution in [0.4, 0.5) is 4.39 Å². The van der Waals surface area contributed by atoms with E-state index in [1.165, 1.54) is 101 Å². The first-order valence-electron chi connectivity index (χ1n) is 16.0. The average molecular weight is 525 g/mol. The van der Waals surface area contributed by atoms with Crippen molar-refractivity contribution in [2.75, 3.05) is 0 Å². The van der Waals surface area contributed by atoms with Crippen LogP contribution in [-0.2, 0) is 12.8 Å². The van der Waals surface area contributed by atoms with Gasteiger partial charge in [0.15, 0.2) is 0 Å². The van der Waals surface area contributed by atoms with Crippen LogP contribution in [0.15, 0.2) is 54.6 Å². The molecule has 0 nitrogen and oxygen atoms in total. The van der Waals surface area contributed by atoms with Crippen LogP contribution in [0.2, 0.25) is 0 Å². The molecule has 0 unspecified atom stereocenters. The molecular weight excluding hydrogens is 475 g/mol. The molecule has 1 aliphatic rings. The first-order valence-corrected chi connectivity index (χ1v) is 16.0. The maximum absolute atomic E-state index is 15.2. The van der Waals surface area contributed by atoms with Gasteiger partial charge in [-0.15, -0.1) is 0 Å². The number of benzene rings is 3. The van der Waals surface area contributed by atoms with E-state index in [-0.39, 0.29) is 5.82 Å². The molecule has 0 spiro atoms. The predicted molar refractivity (Wildman–Crippen MR) is 167 cm³/mol. The first-order chi connectivity index (χ1) is 19.2. The van der Waals surface area contributed by atoms with E-state index in [9.17, 15) is 0 Å². The summed E-state index contributed by atoms with van der Waals surface area (Å²) in [6, 6.07) is 18.6. The molecule has 1 aliphatic carbocycles. The van der Waals surface area contributed by atoms with Gasteiger partial charge < -0.3 is 0 Å². The molecule has 0 aliphatic heterocycles. The fourth-order valence-corrected chi connectivity index (χ4v) is 6.28. The summed E-state index contributed by atoms with van der Waals surface area (Å²) in [5.41, 5.74) is 4.12. The van der Waals surface area contributed by atoms with Gasteiger partial charge in [0, 0.05) is 10.9 Å². The molecule has 0 saturated heterocycles. The molecule has 1 saturated carbocycles. The van der Waals surface area contributed by atoms with E-state index >= 15 is 4.39 Å². The molecule has 3 aromatic rings. The van der Waals surface area contributed by atoms with Gasteiger partial charge in [-0.3, -0.25) is 0 Å². The predicted octanol–water partition coefficient (Wildman–Crippen LogP) is 11.2. The number of rotatable bonds is 13. The van der Waals surface area contributed by atoms with Gasteiger partial charge in [-0.2, -0.15) is 0 Å². The van der Waals surface area contributed by atoms with Crippen LogP contribution in [-0.4, -0.2) is 0 Å². The minimum atomic E-state index is -0.203. The van der Waals surface area contributed by atoms with Gasteiger partial charge in [0.2, 0.25) is 0 Å². The van der Waals surface area contributed by atoms with Gasteiger partial charge in [-0.25, -0.2) is 4.39 Å². The highest BCUT2D eigenvalue weighted by Gasteiger charge is 2.20. The van der Waals surface area contributed by atoms with E-state index in [1.54, 1.807) is 0 Å². The lowest BCUT2D eigenvalue weighted by atomic mass is 9.78. The van der Waals surface area contributed by atoms with Crippen LogP contribution in [0, 0.1) is 29.5 Å². The fraction of sp³-hybridized carbons (Fsp3) is 0.526. The lowest BCUT2D eigenvalue weighted by Crippen LogP contribution is -2.15. The Hall–Kier alpha value is -2.59. The number of halogens is 1. The molecule has 0 amide bonds. The Morgan fingerprint density at radius 2 is 1.31 bits per heavy atom. The smallest absolute Gasteiger partial charge is 0.146 e. The Labute approximate surface area is 237 Å². The third-order valence-corrected chi connectivity index (χ3v) is 8.91. The summed E-state index contributed by atoms with van der Waals surface area (Å²) in [6.45, 7) is 4.54. The molecule has 39 heavy (non-hydrogen) atoms. The topological polar surface area (TPSA) is 0 Å². The van der Waals surface area contributed by atoms with Crippen molar-refractivity contribution in [2.45, 2.75) is 117 Å². The second-order valence-electron chi connectivity index (χ2n) is 12.0. The van der Waals surface area contributed by atoms with Gasteiger partial charge in [0.05, 0.1) is 5.56 Å². The van der Waals surface area contributed by atoms with Gasteiger partial charge >= 0.3 is 0 Å². The van der Waals surface area contributed by atoms with E-state index < -0.39 is 0 Å². The molecule has 0 bridgehead atoms. The van der Waals surface area contributed by atoms with Crippen LogP contribution in [0.25, 0.3) is 10.8 Å². The SMILES string of the molecule is CCCCCCCc1ccc2c(F)c(C#Cc3ccc(CCC4CCC(CCCCC)CC4)cc3)ccc2c1. The quantitative estimate of drug-likeness (QED) is 0.154. The lowest BCUT2D eigenvalue weighted by molar-refractivity contribution is 0.249. The lowest BCUT2D eigenvalue weighted by Gasteiger charge is -2.28. The maximum Gasteiger partial charge on any atom is 0.146 e. The molecule has 0 heterocycles. The van der Waals surface area contributed by atoms with Crippen molar-refractivity contribution in [3.63, 3.8) is 0 Å². The Bertz CT molecular complexity index is 1200. The molecule has 3 aromatic carbocycles. The second-order valence-corrected chi connectivity index (χ2v) is 12.0. The van der Waals surface area contributed by atoms with Gasteiger partial charge in [-0.05, 0) is 72.2 Å². The van der Waals surface area contributed by atoms with Crippen LogP contribution in [0.3, 0.4) is 0 Å². The van der Waals surface area contributed by atoms with Crippen molar-refractivity contribution < 1.29 is 4.39 Å². The van der Waals surface area contributed by atoms with E-state index in [0.717, 1.165) is 35.6 Å². The minimum Gasteiger partial charge on any atom is -0.205 e. The van der Waals surface area contributed by atoms with Gasteiger partial charge in [-0.1, -0.05) is 139 Å². The highest BCUT2D eigenvalue weighted by molar-refractivity contribution is 5.85. The third kappa shape index (κ3) is 9.24. The van der Waals surface area contributed by atoms with E-state index in [1.807, 2.05) is 18.2 Å². The summed E-state index contributed by atoms with van der Waals surface area (Å²) in [5, 5.41) is 1.64. The molecule has 1 fully saturated rings. The number of aryl methyl sites for hydroxylation is 2. The zero-order valence-electron chi connectivity index (χ0n) is 24.5. The summed E-state index contributed by atoms with van der Waals surface area (Å²) in [7, 11) is 0. The molecule has 208 valence electrons. The van der Waals surface area contributed by atoms with Crippen molar-refractivity contribution in [2.24, 2.45) is 11.8 Å². The number of hydrogen-bond acceptors (Lipinski definition) is 0. The summed E-state index contributed by atoms with van der Waals surface area (Å²) >= 11 is 0. The van der Waals surface area contributed by atoms with Crippen molar-refractivity contribution in [3.05, 3.63) is 82.7 Å². The molecule has 0 aromatic heterocycles. The van der Waals surface area contributed by atoms with Crippen LogP contribution in [0.5, 0.6) is 0 Å². The number of hydrogen-bond donors (Lipinski definition) is 0. The van der Waals surface area contributed by atoms with E-state index in [0.29, 0.717) is 10.9 Å². The Morgan fingerprint density at radius 3 is 2.05 bits per heavy atom. The Balaban J connectivity index is 1.27. The van der Waals surface area contributed by atoms with Crippen molar-refractivity contribution >= 4 is 10.8 Å². The molecular formula is C38H49F. The summed E-state index contributed by atoms with van der Waals surface area (Å²) < 4.78 is 15.2. The third-order valence-electron chi connectivity index (χ3n) is 8.91. The van der Waals surface area contributed by atoms with E-state index in [4.69, 9.17) is 0 Å². The summed E-state index contributed by atoms with van der Waals surface area (Å²) in [6.07, 6.45) is 21.2. The largest absolute Gasteiger partial charge is 0.205 e. The second kappa shape index (κ2) is 15.9. The number of unbranched alkanes of at least 4 members (excludes halogenated alkanes) is 6. The standard InChI is InChI=1S/C38H49F/c1-3-5-7-8-10-12-34-24-28-37-36(29-34)27-26-35(38(37)39)25-23-33-21-19-32(20-22-33)18-17-31-15-13-30(14-16-31)11-9-6-4-2/h19-22,24,26-31H,3-18H2,1-2H3. The first kappa shape index (κ1) is 29.4. The Kier molecular flexibility index (Phi) is 12.0. The van der Waals surface area contributed by atoms with Crippen molar-refractivity contribution in [1.29, 1.82) is 0 Å². The molecule has 1 heteroatoms. The monoisotopic (exact) mass is 524 g/mol. The van der Waals surface area contributed by atoms with Crippen LogP contribution >= 0.6 is 0 Å². The van der Waals surface area contributed by atoms with Crippen LogP contribution in [0.1, 0.15) is 126 Å². The molecule has 0 N–H and O–H groups in total. The fourth-order valence-electron chi connectivity index (χ4n) is 6.28. The van der Waals surface area contributed by atoms with Crippen LogP contribution < -0.4 is 0 Å². The molecule has 0 atom stereocenters. The van der Waals surface area contributed by atoms with Crippen molar-refractivity contribution in [1.82, 2.24) is 0 Å². The maximum atomic E-state index is 15.2. The summed E-state index contributed by atoms with van der Waals surface area (Å²) in [4.78, 5) is 0.